The molecule has 0 N–H and O–H groups in total. The van der Waals surface area contributed by atoms with Crippen molar-refractivity contribution in [3.8, 4) is 0 Å². The van der Waals surface area contributed by atoms with E-state index in [2.05, 4.69) is 65.8 Å². The van der Waals surface area contributed by atoms with Crippen LogP contribution < -0.4 is 0 Å². The van der Waals surface area contributed by atoms with E-state index in [9.17, 15) is 9.59 Å². The van der Waals surface area contributed by atoms with Gasteiger partial charge in [-0.1, -0.05) is 76.9 Å². The number of rotatable bonds is 4. The van der Waals surface area contributed by atoms with E-state index in [4.69, 9.17) is 19.1 Å². The Morgan fingerprint density at radius 2 is 0.933 bits per heavy atom. The van der Waals surface area contributed by atoms with Gasteiger partial charge < -0.3 is 0 Å². The Morgan fingerprint density at radius 1 is 0.600 bits per heavy atom. The molecule has 45 heavy (non-hydrogen) atoms. The zero-order chi connectivity index (χ0) is 35.0. The minimum Gasteiger partial charge on any atom is -0.294 e. The summed E-state index contributed by atoms with van der Waals surface area (Å²) >= 11 is 0. The average Bonchev–Trinajstić information content (AvgIpc) is 2.98. The molecular weight excluding hydrogens is 560 g/mol. The first-order valence-corrected chi connectivity index (χ1v) is 16.1. The third-order valence-corrected chi connectivity index (χ3v) is 7.06. The number of aliphatic imine (C=N–C) groups is 2. The van der Waals surface area contributed by atoms with Crippen LogP contribution in [-0.4, -0.2) is 30.5 Å². The number of ketones is 2. The smallest absolute Gasteiger partial charge is 0.294 e. The summed E-state index contributed by atoms with van der Waals surface area (Å²) in [6.45, 7) is 31.9. The first-order chi connectivity index (χ1) is 21.3. The molecule has 0 saturated heterocycles. The number of allylic oxidation sites excluding steroid dienone is 4. The van der Waals surface area contributed by atoms with Gasteiger partial charge in [0.05, 0.1) is 0 Å². The van der Waals surface area contributed by atoms with Crippen molar-refractivity contribution in [2.75, 3.05) is 0 Å². The normalized spacial score (nSPS) is 19.6. The van der Waals surface area contributed by atoms with Crippen molar-refractivity contribution in [2.24, 2.45) is 9.98 Å². The van der Waals surface area contributed by atoms with E-state index >= 15 is 0 Å². The van der Waals surface area contributed by atoms with Gasteiger partial charge in [0.1, 0.15) is 23.2 Å². The van der Waals surface area contributed by atoms with Crippen LogP contribution in [0.2, 0.25) is 0 Å². The van der Waals surface area contributed by atoms with Crippen molar-refractivity contribution in [3.05, 3.63) is 91.4 Å². The van der Waals surface area contributed by atoms with E-state index in [1.165, 1.54) is 13.8 Å². The molecule has 0 radical (unpaired) electrons. The van der Waals surface area contributed by atoms with Gasteiger partial charge in [0.2, 0.25) is 11.5 Å². The van der Waals surface area contributed by atoms with Crippen LogP contribution in [-0.2, 0) is 18.8 Å². The highest BCUT2D eigenvalue weighted by atomic mass is 16.6. The van der Waals surface area contributed by atoms with Gasteiger partial charge in [-0.25, -0.2) is 0 Å². The lowest BCUT2D eigenvalue weighted by Gasteiger charge is -2.28. The minimum atomic E-state index is -0.483. The topological polar surface area (TPSA) is 79.4 Å². The fourth-order valence-electron chi connectivity index (χ4n) is 5.41. The first-order valence-electron chi connectivity index (χ1n) is 16.1. The second kappa shape index (κ2) is 20.2. The van der Waals surface area contributed by atoms with Crippen molar-refractivity contribution in [1.29, 1.82) is 0 Å². The van der Waals surface area contributed by atoms with E-state index in [0.717, 1.165) is 51.0 Å². The minimum absolute atomic E-state index is 0.185. The molecule has 2 aromatic rings. The molecule has 2 atom stereocenters. The Balaban J connectivity index is 0.00000304. The van der Waals surface area contributed by atoms with Gasteiger partial charge >= 0.3 is 6.47 Å². The fourth-order valence-corrected chi connectivity index (χ4v) is 5.41. The Kier molecular flexibility index (Phi) is 18.4. The maximum atomic E-state index is 12.7. The maximum Gasteiger partial charge on any atom is 0.484 e. The molecule has 1 aliphatic heterocycles. The molecule has 6 nitrogen and oxygen atoms in total. The second-order valence-electron chi connectivity index (χ2n) is 10.5. The summed E-state index contributed by atoms with van der Waals surface area (Å²) < 4.78 is 11.3. The number of Topliss-reactive ketones (excluding diaryl/α,β-unsaturated/α-hetero) is 2. The van der Waals surface area contributed by atoms with Crippen LogP contribution in [0, 0.1) is 41.5 Å². The van der Waals surface area contributed by atoms with Crippen LogP contribution >= 0.6 is 0 Å². The van der Waals surface area contributed by atoms with E-state index in [1.807, 2.05) is 41.5 Å². The van der Waals surface area contributed by atoms with Gasteiger partial charge in [-0.3, -0.25) is 28.7 Å². The van der Waals surface area contributed by atoms with E-state index in [0.29, 0.717) is 22.7 Å². The maximum absolute atomic E-state index is 12.7. The van der Waals surface area contributed by atoms with Gasteiger partial charge in [-0.15, -0.1) is 0 Å². The molecule has 2 aromatic carbocycles. The molecular formula is C39H57N2O4+. The highest BCUT2D eigenvalue weighted by Gasteiger charge is 2.30. The molecule has 1 unspecified atom stereocenters. The number of carbonyl (C=O) groups excluding carboxylic acids is 3. The summed E-state index contributed by atoms with van der Waals surface area (Å²) in [5.74, 6) is 0.322. The van der Waals surface area contributed by atoms with Crippen molar-refractivity contribution < 1.29 is 18.8 Å². The van der Waals surface area contributed by atoms with Crippen LogP contribution in [0.4, 0.5) is 0 Å². The van der Waals surface area contributed by atoms with Crippen LogP contribution in [0.15, 0.2) is 56.9 Å². The predicted octanol–water partition coefficient (Wildman–Crippen LogP) is 9.99. The molecule has 0 saturated carbocycles. The van der Waals surface area contributed by atoms with E-state index in [-0.39, 0.29) is 11.6 Å². The lowest BCUT2D eigenvalue weighted by Crippen LogP contribution is -2.16. The summed E-state index contributed by atoms with van der Waals surface area (Å²) in [4.78, 5) is 35.4. The third-order valence-electron chi connectivity index (χ3n) is 7.06. The summed E-state index contributed by atoms with van der Waals surface area (Å²) in [5.41, 5.74) is 9.36. The van der Waals surface area contributed by atoms with Gasteiger partial charge in [-0.2, -0.15) is 0 Å². The van der Waals surface area contributed by atoms with Gasteiger partial charge in [0.15, 0.2) is 11.6 Å². The molecule has 0 aromatic heterocycles. The lowest BCUT2D eigenvalue weighted by atomic mass is 9.84. The summed E-state index contributed by atoms with van der Waals surface area (Å²) in [7, 11) is 0. The Bertz CT molecular complexity index is 1430. The highest BCUT2D eigenvalue weighted by molar-refractivity contribution is 6.13. The standard InChI is InChI=1S/C33H39N2O4.3C2H6/c1-18-11-20(3)30(21(4)12-18)32-33(31-22(5)13-19(2)14-23(31)6)35-16-29(25(8)37)27(10)39-17-38-26(9)28(15-34-32)24(7)36;3*1-2/h11-17,32-33H,1-10H3;3*1-2H3/q+1;;;/b28-26+,29-27+,34-15?,35-16?;;;/t32-,33?;;;/m1.../s1. The number of aryl methyl sites for hydroxylation is 6. The largest absolute Gasteiger partial charge is 0.484 e. The molecule has 0 spiro atoms. The Morgan fingerprint density at radius 3 is 1.27 bits per heavy atom. The third kappa shape index (κ3) is 11.2. The predicted molar refractivity (Wildman–Crippen MR) is 192 cm³/mol. The number of hydrogen-bond acceptors (Lipinski definition) is 5. The first kappa shape index (κ1) is 41.1. The van der Waals surface area contributed by atoms with Gasteiger partial charge in [-0.05, 0) is 88.8 Å². The molecule has 0 amide bonds. The SMILES string of the molecule is CC.CC.CC.CC(=O)/C1=C(\C)OC=[O+]/C(C)=C(/C(C)=O)C=NC(c2c(C)cc(C)cc2C)[C@@H](c2c(C)cc(C)cc2C)N=C1. The van der Waals surface area contributed by atoms with E-state index < -0.39 is 12.1 Å². The molecule has 0 aliphatic carbocycles. The monoisotopic (exact) mass is 617 g/mol. The van der Waals surface area contributed by atoms with Crippen molar-refractivity contribution in [3.63, 3.8) is 0 Å². The number of ether oxygens (including phenoxy) is 1. The molecule has 6 heteroatoms. The zero-order valence-electron chi connectivity index (χ0n) is 30.7. The number of nitrogens with zero attached hydrogens (tertiary/aromatic N) is 2. The van der Waals surface area contributed by atoms with Gasteiger partial charge in [0.25, 0.3) is 0 Å². The number of carbonyl (C=O) groups is 2. The zero-order valence-corrected chi connectivity index (χ0v) is 30.7. The quantitative estimate of drug-likeness (QED) is 0.253. The summed E-state index contributed by atoms with van der Waals surface area (Å²) in [6.07, 6.45) is 3.17. The molecule has 3 rings (SSSR count). The molecule has 0 bridgehead atoms. The van der Waals surface area contributed by atoms with Crippen LogP contribution in [0.3, 0.4) is 0 Å². The van der Waals surface area contributed by atoms with Crippen LogP contribution in [0.25, 0.3) is 0 Å². The molecule has 1 heterocycles. The van der Waals surface area contributed by atoms with Crippen LogP contribution in [0.1, 0.15) is 126 Å². The fraction of sp³-hybridized carbons (Fsp3) is 0.462. The average molecular weight is 618 g/mol. The number of hydrogen-bond donors (Lipinski definition) is 0. The molecule has 1 aliphatic rings. The van der Waals surface area contributed by atoms with Crippen molar-refractivity contribution >= 4 is 30.5 Å². The Labute approximate surface area is 273 Å². The Hall–Kier alpha value is -3.93. The second-order valence-corrected chi connectivity index (χ2v) is 10.5. The lowest BCUT2D eigenvalue weighted by molar-refractivity contribution is -0.401. The number of cyclic esters (lactones) is 1. The highest BCUT2D eigenvalue weighted by Crippen LogP contribution is 2.41. The summed E-state index contributed by atoms with van der Waals surface area (Å²) in [5, 5.41) is 0. The van der Waals surface area contributed by atoms with E-state index in [1.54, 1.807) is 26.3 Å². The molecule has 0 fully saturated rings. The van der Waals surface area contributed by atoms with Crippen molar-refractivity contribution in [1.82, 2.24) is 0 Å². The number of benzene rings is 2. The van der Waals surface area contributed by atoms with Crippen molar-refractivity contribution in [2.45, 2.75) is 123 Å². The summed E-state index contributed by atoms with van der Waals surface area (Å²) in [6, 6.07) is 7.58. The van der Waals surface area contributed by atoms with Crippen LogP contribution in [0.5, 0.6) is 0 Å². The molecule has 246 valence electrons. The van der Waals surface area contributed by atoms with Gasteiger partial charge in [0, 0.05) is 26.3 Å².